The predicted octanol–water partition coefficient (Wildman–Crippen LogP) is 2.26. The van der Waals surface area contributed by atoms with Gasteiger partial charge in [0.25, 0.3) is 0 Å². The fourth-order valence-electron chi connectivity index (χ4n) is 4.04. The van der Waals surface area contributed by atoms with Gasteiger partial charge in [0.05, 0.1) is 5.69 Å². The van der Waals surface area contributed by atoms with Crippen molar-refractivity contribution in [2.75, 3.05) is 31.1 Å². The minimum atomic E-state index is 0.00754. The number of nitrogens with one attached hydrogen (secondary N) is 1. The Morgan fingerprint density at radius 3 is 2.63 bits per heavy atom. The zero-order valence-electron chi connectivity index (χ0n) is 17.6. The lowest BCUT2D eigenvalue weighted by Crippen LogP contribution is -2.49. The van der Waals surface area contributed by atoms with Gasteiger partial charge in [-0.3, -0.25) is 14.6 Å². The van der Waals surface area contributed by atoms with E-state index < -0.39 is 0 Å². The largest absolute Gasteiger partial charge is 0.352 e. The molecule has 30 heavy (non-hydrogen) atoms. The van der Waals surface area contributed by atoms with Gasteiger partial charge in [-0.1, -0.05) is 13.8 Å². The molecule has 7 nitrogen and oxygen atoms in total. The molecule has 0 radical (unpaired) electrons. The number of carbonyl (C=O) groups excluding carboxylic acids is 2. The van der Waals surface area contributed by atoms with Crippen LogP contribution in [0.15, 0.2) is 24.5 Å². The summed E-state index contributed by atoms with van der Waals surface area (Å²) >= 11 is 1.72. The first-order valence-corrected chi connectivity index (χ1v) is 11.5. The normalized spacial score (nSPS) is 19.0. The van der Waals surface area contributed by atoms with E-state index in [0.29, 0.717) is 6.54 Å². The van der Waals surface area contributed by atoms with E-state index in [1.54, 1.807) is 23.7 Å². The Morgan fingerprint density at radius 2 is 1.93 bits per heavy atom. The maximum absolute atomic E-state index is 12.7. The Hall–Kier alpha value is -2.48. The Kier molecular flexibility index (Phi) is 6.32. The van der Waals surface area contributed by atoms with Crippen molar-refractivity contribution in [1.82, 2.24) is 20.2 Å². The van der Waals surface area contributed by atoms with Crippen LogP contribution in [-0.2, 0) is 29.0 Å². The summed E-state index contributed by atoms with van der Waals surface area (Å²) in [5, 5.41) is 4.10. The molecular weight excluding hydrogens is 398 g/mol. The van der Waals surface area contributed by atoms with E-state index >= 15 is 0 Å². The second-order valence-corrected chi connectivity index (χ2v) is 9.41. The highest BCUT2D eigenvalue weighted by molar-refractivity contribution is 7.15. The van der Waals surface area contributed by atoms with Crippen molar-refractivity contribution in [2.45, 2.75) is 39.7 Å². The van der Waals surface area contributed by atoms with E-state index in [4.69, 9.17) is 4.98 Å². The average molecular weight is 428 g/mol. The van der Waals surface area contributed by atoms with Crippen LogP contribution in [0.4, 0.5) is 5.13 Å². The SMILES string of the molecule is CC(C)C(=O)N1CCN(c2nc3c(s2)CC(C(=O)NCc2ccncc2)CC3)CC1. The molecule has 0 saturated carbocycles. The Bertz CT molecular complexity index is 890. The van der Waals surface area contributed by atoms with E-state index in [0.717, 1.165) is 61.8 Å². The van der Waals surface area contributed by atoms with E-state index in [9.17, 15) is 9.59 Å². The Balaban J connectivity index is 1.32. The molecule has 160 valence electrons. The molecule has 1 N–H and O–H groups in total. The van der Waals surface area contributed by atoms with Crippen LogP contribution in [-0.4, -0.2) is 52.9 Å². The van der Waals surface area contributed by atoms with Gasteiger partial charge >= 0.3 is 0 Å². The number of pyridine rings is 1. The molecule has 2 aliphatic rings. The van der Waals surface area contributed by atoms with Crippen LogP contribution < -0.4 is 10.2 Å². The number of thiazole rings is 1. The minimum Gasteiger partial charge on any atom is -0.352 e. The molecule has 1 fully saturated rings. The third kappa shape index (κ3) is 4.64. The highest BCUT2D eigenvalue weighted by atomic mass is 32.1. The molecule has 1 saturated heterocycles. The zero-order valence-corrected chi connectivity index (χ0v) is 18.5. The average Bonchev–Trinajstić information content (AvgIpc) is 3.21. The van der Waals surface area contributed by atoms with E-state index in [1.807, 2.05) is 30.9 Å². The highest BCUT2D eigenvalue weighted by Crippen LogP contribution is 2.34. The maximum Gasteiger partial charge on any atom is 0.225 e. The van der Waals surface area contributed by atoms with Crippen molar-refractivity contribution < 1.29 is 9.59 Å². The first kappa shape index (κ1) is 20.8. The van der Waals surface area contributed by atoms with Crippen molar-refractivity contribution in [3.8, 4) is 0 Å². The number of anilines is 1. The number of piperazine rings is 1. The molecule has 0 spiro atoms. The van der Waals surface area contributed by atoms with E-state index in [-0.39, 0.29) is 23.7 Å². The van der Waals surface area contributed by atoms with Crippen LogP contribution in [0, 0.1) is 11.8 Å². The van der Waals surface area contributed by atoms with Gasteiger partial charge in [-0.2, -0.15) is 0 Å². The fourth-order valence-corrected chi connectivity index (χ4v) is 5.28. The second kappa shape index (κ2) is 9.12. The van der Waals surface area contributed by atoms with Gasteiger partial charge in [0, 0.05) is 61.8 Å². The topological polar surface area (TPSA) is 78.4 Å². The molecule has 0 bridgehead atoms. The molecule has 2 amide bonds. The molecule has 1 unspecified atom stereocenters. The fraction of sp³-hybridized carbons (Fsp3) is 0.545. The lowest BCUT2D eigenvalue weighted by atomic mass is 9.90. The third-order valence-electron chi connectivity index (χ3n) is 5.87. The van der Waals surface area contributed by atoms with Crippen molar-refractivity contribution in [3.05, 3.63) is 40.7 Å². The quantitative estimate of drug-likeness (QED) is 0.792. The summed E-state index contributed by atoms with van der Waals surface area (Å²) in [4.78, 5) is 39.2. The molecule has 0 aromatic carbocycles. The van der Waals surface area contributed by atoms with Crippen LogP contribution in [0.5, 0.6) is 0 Å². The van der Waals surface area contributed by atoms with E-state index in [2.05, 4.69) is 15.2 Å². The molecule has 1 aliphatic carbocycles. The van der Waals surface area contributed by atoms with Crippen molar-refractivity contribution >= 4 is 28.3 Å². The van der Waals surface area contributed by atoms with Gasteiger partial charge in [-0.05, 0) is 37.0 Å². The highest BCUT2D eigenvalue weighted by Gasteiger charge is 2.30. The molecular formula is C22H29N5O2S. The zero-order chi connectivity index (χ0) is 21.1. The van der Waals surface area contributed by atoms with Crippen molar-refractivity contribution in [1.29, 1.82) is 0 Å². The van der Waals surface area contributed by atoms with Gasteiger partial charge in [-0.15, -0.1) is 11.3 Å². The molecule has 2 aromatic heterocycles. The van der Waals surface area contributed by atoms with Gasteiger partial charge in [-0.25, -0.2) is 4.98 Å². The van der Waals surface area contributed by atoms with E-state index in [1.165, 1.54) is 4.88 Å². The molecule has 3 heterocycles. The Labute approximate surface area is 181 Å². The molecule has 2 aromatic rings. The minimum absolute atomic E-state index is 0.00754. The number of hydrogen-bond acceptors (Lipinski definition) is 6. The summed E-state index contributed by atoms with van der Waals surface area (Å²) in [5.41, 5.74) is 2.21. The molecule has 4 rings (SSSR count). The summed E-state index contributed by atoms with van der Waals surface area (Å²) < 4.78 is 0. The van der Waals surface area contributed by atoms with Crippen LogP contribution in [0.2, 0.25) is 0 Å². The van der Waals surface area contributed by atoms with Crippen LogP contribution >= 0.6 is 11.3 Å². The maximum atomic E-state index is 12.7. The number of fused-ring (bicyclic) bond motifs is 1. The summed E-state index contributed by atoms with van der Waals surface area (Å²) in [6, 6.07) is 3.84. The number of aryl methyl sites for hydroxylation is 1. The first-order valence-electron chi connectivity index (χ1n) is 10.7. The Morgan fingerprint density at radius 1 is 1.20 bits per heavy atom. The van der Waals surface area contributed by atoms with Gasteiger partial charge in [0.1, 0.15) is 0 Å². The van der Waals surface area contributed by atoms with Gasteiger partial charge in [0.15, 0.2) is 5.13 Å². The number of hydrogen-bond donors (Lipinski definition) is 1. The van der Waals surface area contributed by atoms with Gasteiger partial charge < -0.3 is 15.1 Å². The summed E-state index contributed by atoms with van der Waals surface area (Å²) in [5.74, 6) is 0.403. The van der Waals surface area contributed by atoms with Crippen LogP contribution in [0.25, 0.3) is 0 Å². The summed E-state index contributed by atoms with van der Waals surface area (Å²) in [6.07, 6.45) is 5.94. The third-order valence-corrected chi connectivity index (χ3v) is 7.05. The number of carbonyl (C=O) groups is 2. The summed E-state index contributed by atoms with van der Waals surface area (Å²) in [6.45, 7) is 7.59. The standard InChI is InChI=1S/C22H29N5O2S/c1-15(2)21(29)26-9-11-27(12-10-26)22-25-18-4-3-17(13-19(18)30-22)20(28)24-14-16-5-7-23-8-6-16/h5-8,15,17H,3-4,9-14H2,1-2H3,(H,24,28). The first-order chi connectivity index (χ1) is 14.5. The van der Waals surface area contributed by atoms with Crippen molar-refractivity contribution in [3.63, 3.8) is 0 Å². The second-order valence-electron chi connectivity index (χ2n) is 8.35. The number of aromatic nitrogens is 2. The number of nitrogens with zero attached hydrogens (tertiary/aromatic N) is 4. The van der Waals surface area contributed by atoms with Gasteiger partial charge in [0.2, 0.25) is 11.8 Å². The lowest BCUT2D eigenvalue weighted by Gasteiger charge is -2.35. The predicted molar refractivity (Wildman–Crippen MR) is 117 cm³/mol. The molecule has 1 atom stereocenters. The lowest BCUT2D eigenvalue weighted by molar-refractivity contribution is -0.134. The van der Waals surface area contributed by atoms with Crippen molar-refractivity contribution in [2.24, 2.45) is 11.8 Å². The molecule has 1 aliphatic heterocycles. The van der Waals surface area contributed by atoms with Crippen LogP contribution in [0.1, 0.15) is 36.4 Å². The summed E-state index contributed by atoms with van der Waals surface area (Å²) in [7, 11) is 0. The number of rotatable bonds is 5. The van der Waals surface area contributed by atoms with Crippen LogP contribution in [0.3, 0.4) is 0 Å². The number of amides is 2. The molecule has 8 heteroatoms. The monoisotopic (exact) mass is 427 g/mol. The smallest absolute Gasteiger partial charge is 0.225 e.